The fourth-order valence-electron chi connectivity index (χ4n) is 4.94. The van der Waals surface area contributed by atoms with Crippen molar-refractivity contribution in [2.75, 3.05) is 46.6 Å². The zero-order chi connectivity index (χ0) is 19.6. The van der Waals surface area contributed by atoms with Gasteiger partial charge < -0.3 is 19.1 Å². The van der Waals surface area contributed by atoms with Crippen LogP contribution in [0.2, 0.25) is 0 Å². The molecule has 0 bridgehead atoms. The van der Waals surface area contributed by atoms with Gasteiger partial charge in [0.15, 0.2) is 6.61 Å². The molecule has 1 atom stereocenters. The lowest BCUT2D eigenvalue weighted by Crippen LogP contribution is -2.75. The fourth-order valence-corrected chi connectivity index (χ4v) is 4.94. The van der Waals surface area contributed by atoms with Crippen LogP contribution in [0.3, 0.4) is 0 Å². The highest BCUT2D eigenvalue weighted by Gasteiger charge is 2.56. The number of piperidine rings is 1. The van der Waals surface area contributed by atoms with Crippen molar-refractivity contribution in [2.45, 2.75) is 43.4 Å². The summed E-state index contributed by atoms with van der Waals surface area (Å²) in [6.07, 6.45) is 4.29. The molecule has 3 saturated heterocycles. The van der Waals surface area contributed by atoms with Gasteiger partial charge in [-0.25, -0.2) is 4.39 Å². The van der Waals surface area contributed by atoms with Crippen molar-refractivity contribution in [1.29, 1.82) is 0 Å². The molecule has 0 aliphatic carbocycles. The highest BCUT2D eigenvalue weighted by molar-refractivity contribution is 5.77. The summed E-state index contributed by atoms with van der Waals surface area (Å²) in [5.74, 6) is 0.184. The Labute approximate surface area is 165 Å². The summed E-state index contributed by atoms with van der Waals surface area (Å²) in [7, 11) is 1.81. The summed E-state index contributed by atoms with van der Waals surface area (Å²) >= 11 is 0. The molecule has 0 N–H and O–H groups in total. The summed E-state index contributed by atoms with van der Waals surface area (Å²) in [4.78, 5) is 17.0. The molecule has 1 amide bonds. The molecule has 154 valence electrons. The van der Waals surface area contributed by atoms with Crippen LogP contribution < -0.4 is 4.74 Å². The van der Waals surface area contributed by atoms with Crippen molar-refractivity contribution in [1.82, 2.24) is 9.80 Å². The molecule has 1 spiro atoms. The number of halogens is 1. The average molecular weight is 392 g/mol. The van der Waals surface area contributed by atoms with Crippen LogP contribution in [0.15, 0.2) is 24.3 Å². The van der Waals surface area contributed by atoms with Crippen LogP contribution in [-0.2, 0) is 14.3 Å². The number of likely N-dealkylation sites (tertiary alicyclic amines) is 2. The Bertz CT molecular complexity index is 669. The maximum absolute atomic E-state index is 12.9. The van der Waals surface area contributed by atoms with Gasteiger partial charge in [-0.3, -0.25) is 9.69 Å². The van der Waals surface area contributed by atoms with Gasteiger partial charge in [0.25, 0.3) is 5.91 Å². The molecular formula is C21H29FN2O4. The molecule has 6 nitrogen and oxygen atoms in total. The predicted octanol–water partition coefficient (Wildman–Crippen LogP) is 2.08. The molecule has 7 heteroatoms. The minimum atomic E-state index is -0.315. The number of hydrogen-bond donors (Lipinski definition) is 0. The maximum atomic E-state index is 12.9. The number of ether oxygens (including phenoxy) is 3. The zero-order valence-corrected chi connectivity index (χ0v) is 16.4. The molecule has 0 aromatic heterocycles. The first kappa shape index (κ1) is 19.6. The van der Waals surface area contributed by atoms with Gasteiger partial charge in [-0.05, 0) is 49.9 Å². The molecule has 3 aliphatic heterocycles. The van der Waals surface area contributed by atoms with Crippen LogP contribution >= 0.6 is 0 Å². The van der Waals surface area contributed by atoms with Gasteiger partial charge >= 0.3 is 0 Å². The van der Waals surface area contributed by atoms with Gasteiger partial charge in [0.05, 0.1) is 11.6 Å². The quantitative estimate of drug-likeness (QED) is 0.768. The summed E-state index contributed by atoms with van der Waals surface area (Å²) < 4.78 is 29.8. The number of hydrogen-bond acceptors (Lipinski definition) is 5. The van der Waals surface area contributed by atoms with Gasteiger partial charge in [-0.1, -0.05) is 0 Å². The first-order chi connectivity index (χ1) is 13.6. The monoisotopic (exact) mass is 392 g/mol. The fraction of sp³-hybridized carbons (Fsp3) is 0.667. The van der Waals surface area contributed by atoms with Crippen LogP contribution in [0.25, 0.3) is 0 Å². The Morgan fingerprint density at radius 3 is 2.54 bits per heavy atom. The third-order valence-electron chi connectivity index (χ3n) is 6.61. The Morgan fingerprint density at radius 2 is 1.89 bits per heavy atom. The number of carbonyl (C=O) groups is 1. The molecule has 4 rings (SSSR count). The van der Waals surface area contributed by atoms with Crippen molar-refractivity contribution < 1.29 is 23.4 Å². The van der Waals surface area contributed by atoms with Crippen molar-refractivity contribution in [3.05, 3.63) is 30.1 Å². The van der Waals surface area contributed by atoms with Crippen LogP contribution in [0.5, 0.6) is 5.75 Å². The largest absolute Gasteiger partial charge is 0.484 e. The molecule has 0 saturated carbocycles. The van der Waals surface area contributed by atoms with E-state index < -0.39 is 0 Å². The Hall–Kier alpha value is -1.70. The summed E-state index contributed by atoms with van der Waals surface area (Å²) in [6.45, 7) is 4.06. The summed E-state index contributed by atoms with van der Waals surface area (Å²) in [5.41, 5.74) is 0.121. The average Bonchev–Trinajstić information content (AvgIpc) is 2.74. The minimum absolute atomic E-state index is 0.00691. The van der Waals surface area contributed by atoms with Gasteiger partial charge in [-0.15, -0.1) is 0 Å². The smallest absolute Gasteiger partial charge is 0.260 e. The molecule has 1 aromatic rings. The number of rotatable bonds is 5. The van der Waals surface area contributed by atoms with Crippen LogP contribution in [0, 0.1) is 5.82 Å². The van der Waals surface area contributed by atoms with Gasteiger partial charge in [0.2, 0.25) is 0 Å². The maximum Gasteiger partial charge on any atom is 0.260 e. The first-order valence-electron chi connectivity index (χ1n) is 10.2. The van der Waals surface area contributed by atoms with Gasteiger partial charge in [0.1, 0.15) is 11.6 Å². The normalized spacial score (nSPS) is 25.5. The number of benzene rings is 1. The van der Waals surface area contributed by atoms with E-state index in [1.807, 2.05) is 12.0 Å². The van der Waals surface area contributed by atoms with Gasteiger partial charge in [-0.2, -0.15) is 0 Å². The topological polar surface area (TPSA) is 51.2 Å². The highest BCUT2D eigenvalue weighted by Crippen LogP contribution is 2.44. The molecule has 1 unspecified atom stereocenters. The van der Waals surface area contributed by atoms with Crippen LogP contribution in [0.1, 0.15) is 25.7 Å². The van der Waals surface area contributed by atoms with E-state index in [1.165, 1.54) is 24.3 Å². The second-order valence-electron chi connectivity index (χ2n) is 7.95. The third kappa shape index (κ3) is 3.75. The molecule has 3 heterocycles. The van der Waals surface area contributed by atoms with E-state index in [0.29, 0.717) is 17.9 Å². The SMILES string of the molecule is COC1CN(C2CCN(C(=O)COc3ccc(F)cc3)CC2)C12CCOCC2. The minimum Gasteiger partial charge on any atom is -0.484 e. The Morgan fingerprint density at radius 1 is 1.21 bits per heavy atom. The second kappa shape index (κ2) is 8.35. The van der Waals surface area contributed by atoms with E-state index in [2.05, 4.69) is 4.90 Å². The number of amides is 1. The molecule has 28 heavy (non-hydrogen) atoms. The van der Waals surface area contributed by atoms with E-state index in [1.54, 1.807) is 0 Å². The molecule has 3 fully saturated rings. The number of carbonyl (C=O) groups excluding carboxylic acids is 1. The van der Waals surface area contributed by atoms with Gasteiger partial charge in [0, 0.05) is 46.0 Å². The van der Waals surface area contributed by atoms with E-state index in [9.17, 15) is 9.18 Å². The molecule has 1 aromatic carbocycles. The number of nitrogens with zero attached hydrogens (tertiary/aromatic N) is 2. The van der Waals surface area contributed by atoms with E-state index in [4.69, 9.17) is 14.2 Å². The van der Waals surface area contributed by atoms with E-state index in [0.717, 1.165) is 58.5 Å². The standard InChI is InChI=1S/C21H29FN2O4/c1-26-19-14-24(21(19)8-12-27-13-9-21)17-6-10-23(11-7-17)20(25)15-28-18-4-2-16(22)3-5-18/h2-5,17,19H,6-15H2,1H3. The third-order valence-corrected chi connectivity index (χ3v) is 6.61. The first-order valence-corrected chi connectivity index (χ1v) is 10.2. The summed E-state index contributed by atoms with van der Waals surface area (Å²) in [5, 5.41) is 0. The highest BCUT2D eigenvalue weighted by atomic mass is 19.1. The predicted molar refractivity (Wildman–Crippen MR) is 102 cm³/mol. The summed E-state index contributed by atoms with van der Waals surface area (Å²) in [6, 6.07) is 6.23. The van der Waals surface area contributed by atoms with Crippen LogP contribution in [-0.4, -0.2) is 80.0 Å². The molecular weight excluding hydrogens is 363 g/mol. The van der Waals surface area contributed by atoms with Crippen molar-refractivity contribution >= 4 is 5.91 Å². The lowest BCUT2D eigenvalue weighted by molar-refractivity contribution is -0.208. The Kier molecular flexibility index (Phi) is 5.85. The molecule has 3 aliphatic rings. The van der Waals surface area contributed by atoms with Crippen LogP contribution in [0.4, 0.5) is 4.39 Å². The van der Waals surface area contributed by atoms with E-state index in [-0.39, 0.29) is 23.9 Å². The van der Waals surface area contributed by atoms with Crippen molar-refractivity contribution in [3.8, 4) is 5.75 Å². The lowest BCUT2D eigenvalue weighted by atomic mass is 9.73. The van der Waals surface area contributed by atoms with E-state index >= 15 is 0 Å². The second-order valence-corrected chi connectivity index (χ2v) is 7.95. The Balaban J connectivity index is 1.27. The molecule has 0 radical (unpaired) electrons. The lowest BCUT2D eigenvalue weighted by Gasteiger charge is -2.63. The van der Waals surface area contributed by atoms with Crippen molar-refractivity contribution in [3.63, 3.8) is 0 Å². The van der Waals surface area contributed by atoms with Crippen molar-refractivity contribution in [2.24, 2.45) is 0 Å². The zero-order valence-electron chi connectivity index (χ0n) is 16.4. The number of methoxy groups -OCH3 is 1.